The molecule has 12 nitrogen and oxygen atoms in total. The van der Waals surface area contributed by atoms with Gasteiger partial charge in [0, 0.05) is 29.0 Å². The van der Waals surface area contributed by atoms with Gasteiger partial charge in [-0.2, -0.15) is 0 Å². The van der Waals surface area contributed by atoms with E-state index in [0.717, 1.165) is 33.8 Å². The van der Waals surface area contributed by atoms with Gasteiger partial charge in [0.1, 0.15) is 12.4 Å². The summed E-state index contributed by atoms with van der Waals surface area (Å²) in [6, 6.07) is 3.07. The normalized spacial score (nSPS) is 16.8. The van der Waals surface area contributed by atoms with E-state index >= 15 is 0 Å². The van der Waals surface area contributed by atoms with Crippen molar-refractivity contribution in [2.24, 2.45) is 17.6 Å². The van der Waals surface area contributed by atoms with Crippen LogP contribution in [-0.4, -0.2) is 68.3 Å². The highest BCUT2D eigenvalue weighted by atomic mass is 79.9. The number of nitrogens with zero attached hydrogens (tertiary/aromatic N) is 5. The summed E-state index contributed by atoms with van der Waals surface area (Å²) in [6.45, 7) is 7.37. The van der Waals surface area contributed by atoms with Crippen LogP contribution in [0.4, 0.5) is 5.82 Å². The average Bonchev–Trinajstić information content (AvgIpc) is 3.55. The third kappa shape index (κ3) is 6.38. The second kappa shape index (κ2) is 12.4. The lowest BCUT2D eigenvalue weighted by atomic mass is 9.93. The molecule has 2 aliphatic heterocycles. The number of anilines is 1. The highest BCUT2D eigenvalue weighted by molar-refractivity contribution is 9.10. The van der Waals surface area contributed by atoms with Crippen molar-refractivity contribution in [3.05, 3.63) is 22.9 Å². The molecule has 2 aliphatic rings. The van der Waals surface area contributed by atoms with Crippen molar-refractivity contribution >= 4 is 56.6 Å². The number of likely N-dealkylation sites (tertiary alicyclic amines) is 1. The Hall–Kier alpha value is -3.10. The van der Waals surface area contributed by atoms with Crippen molar-refractivity contribution in [3.8, 4) is 11.5 Å². The maximum absolute atomic E-state index is 12.9. The SMILES string of the molecule is CC(C)[C@H](N)C(=O)O[C@@H](C)C(=O)N1CCC(CCn2c(Sc3cc4c(cc3Br)OCO4)nc3c(N)ncnc32)CC1. The number of amides is 1. The Kier molecular flexibility index (Phi) is 8.90. The summed E-state index contributed by atoms with van der Waals surface area (Å²) >= 11 is 5.12. The minimum absolute atomic E-state index is 0.0615. The molecule has 0 aliphatic carbocycles. The second-order valence-corrected chi connectivity index (χ2v) is 12.5. The van der Waals surface area contributed by atoms with Crippen LogP contribution in [0.15, 0.2) is 33.0 Å². The Balaban J connectivity index is 1.23. The number of hydrogen-bond acceptors (Lipinski definition) is 11. The molecular formula is C27H34BrN7O5S. The van der Waals surface area contributed by atoms with Crippen LogP contribution in [0.2, 0.25) is 0 Å². The van der Waals surface area contributed by atoms with Gasteiger partial charge in [-0.25, -0.2) is 15.0 Å². The van der Waals surface area contributed by atoms with Gasteiger partial charge in [0.05, 0.1) is 0 Å². The van der Waals surface area contributed by atoms with E-state index in [-0.39, 0.29) is 18.6 Å². The molecule has 0 unspecified atom stereocenters. The molecule has 41 heavy (non-hydrogen) atoms. The van der Waals surface area contributed by atoms with Gasteiger partial charge in [0.2, 0.25) is 6.79 Å². The predicted octanol–water partition coefficient (Wildman–Crippen LogP) is 3.59. The quantitative estimate of drug-likeness (QED) is 0.326. The fraction of sp³-hybridized carbons (Fsp3) is 0.519. The number of nitrogen functional groups attached to an aromatic ring is 1. The number of hydrogen-bond donors (Lipinski definition) is 2. The molecule has 5 rings (SSSR count). The number of aromatic nitrogens is 4. The van der Waals surface area contributed by atoms with E-state index in [1.807, 2.05) is 26.0 Å². The van der Waals surface area contributed by atoms with Crippen LogP contribution in [0.25, 0.3) is 11.2 Å². The predicted molar refractivity (Wildman–Crippen MR) is 156 cm³/mol. The zero-order chi connectivity index (χ0) is 29.3. The molecule has 0 radical (unpaired) electrons. The van der Waals surface area contributed by atoms with Gasteiger partial charge >= 0.3 is 5.97 Å². The number of imidazole rings is 1. The molecule has 0 saturated carbocycles. The first-order chi connectivity index (χ1) is 19.6. The summed E-state index contributed by atoms with van der Waals surface area (Å²) in [5.41, 5.74) is 13.3. The summed E-state index contributed by atoms with van der Waals surface area (Å²) in [5, 5.41) is 0.745. The fourth-order valence-electron chi connectivity index (χ4n) is 4.87. The van der Waals surface area contributed by atoms with Crippen LogP contribution in [0.1, 0.15) is 40.0 Å². The number of carbonyl (C=O) groups excluding carboxylic acids is 2. The zero-order valence-electron chi connectivity index (χ0n) is 23.2. The summed E-state index contributed by atoms with van der Waals surface area (Å²) in [7, 11) is 0. The number of halogens is 1. The van der Waals surface area contributed by atoms with E-state index in [1.165, 1.54) is 18.1 Å². The third-order valence-electron chi connectivity index (χ3n) is 7.47. The van der Waals surface area contributed by atoms with Gasteiger partial charge in [-0.15, -0.1) is 0 Å². The number of fused-ring (bicyclic) bond motifs is 2. The van der Waals surface area contributed by atoms with Crippen LogP contribution in [0.3, 0.4) is 0 Å². The molecule has 1 fully saturated rings. The van der Waals surface area contributed by atoms with Crippen molar-refractivity contribution < 1.29 is 23.8 Å². The largest absolute Gasteiger partial charge is 0.454 e. The van der Waals surface area contributed by atoms with Gasteiger partial charge in [-0.1, -0.05) is 25.6 Å². The third-order valence-corrected chi connectivity index (χ3v) is 9.44. The first-order valence-corrected chi connectivity index (χ1v) is 15.2. The number of esters is 1. The number of aryl methyl sites for hydroxylation is 1. The standard InChI is InChI=1S/C27H34BrN7O5S/c1-14(2)21(29)26(37)40-15(3)25(36)34-7-4-16(5-8-34)6-9-35-24-22(23(30)31-12-32-24)33-27(35)41-20-11-19-18(10-17(20)28)38-13-39-19/h10-12,14-16,21H,4-9,13,29H2,1-3H3,(H2,30,31,32)/t15-,21-/m0/s1. The monoisotopic (exact) mass is 647 g/mol. The zero-order valence-corrected chi connectivity index (χ0v) is 25.6. The molecule has 14 heteroatoms. The molecule has 2 aromatic heterocycles. The van der Waals surface area contributed by atoms with Crippen molar-refractivity contribution in [2.75, 3.05) is 25.6 Å². The molecule has 1 saturated heterocycles. The molecule has 3 aromatic rings. The number of benzene rings is 1. The van der Waals surface area contributed by atoms with E-state index in [2.05, 4.69) is 30.5 Å². The first kappa shape index (κ1) is 29.4. The van der Waals surface area contributed by atoms with E-state index < -0.39 is 18.1 Å². The summed E-state index contributed by atoms with van der Waals surface area (Å²) < 4.78 is 19.3. The van der Waals surface area contributed by atoms with E-state index in [1.54, 1.807) is 11.8 Å². The Bertz CT molecular complexity index is 1440. The Morgan fingerprint density at radius 3 is 2.59 bits per heavy atom. The smallest absolute Gasteiger partial charge is 0.323 e. The minimum atomic E-state index is -0.860. The number of carbonyl (C=O) groups is 2. The highest BCUT2D eigenvalue weighted by Crippen LogP contribution is 2.43. The Labute approximate surface area is 250 Å². The molecule has 2 atom stereocenters. The molecule has 0 spiro atoms. The Morgan fingerprint density at radius 1 is 1.17 bits per heavy atom. The second-order valence-electron chi connectivity index (χ2n) is 10.6. The van der Waals surface area contributed by atoms with Gasteiger partial charge in [-0.05, 0) is 66.1 Å². The lowest BCUT2D eigenvalue weighted by Crippen LogP contribution is -2.46. The molecule has 220 valence electrons. The molecular weight excluding hydrogens is 614 g/mol. The van der Waals surface area contributed by atoms with Crippen molar-refractivity contribution in [1.29, 1.82) is 0 Å². The van der Waals surface area contributed by atoms with Crippen LogP contribution in [-0.2, 0) is 20.9 Å². The molecule has 4 heterocycles. The van der Waals surface area contributed by atoms with Crippen molar-refractivity contribution in [3.63, 3.8) is 0 Å². The van der Waals surface area contributed by atoms with E-state index in [9.17, 15) is 9.59 Å². The number of nitrogens with two attached hydrogens (primary N) is 2. The van der Waals surface area contributed by atoms with Crippen molar-refractivity contribution in [1.82, 2.24) is 24.4 Å². The lowest BCUT2D eigenvalue weighted by Gasteiger charge is -2.33. The maximum Gasteiger partial charge on any atom is 0.323 e. The molecule has 4 N–H and O–H groups in total. The number of ether oxygens (including phenoxy) is 3. The fourth-order valence-corrected chi connectivity index (χ4v) is 6.38. The molecule has 1 aromatic carbocycles. The molecule has 0 bridgehead atoms. The van der Waals surface area contributed by atoms with Gasteiger partial charge in [0.25, 0.3) is 5.91 Å². The summed E-state index contributed by atoms with van der Waals surface area (Å²) in [4.78, 5) is 41.2. The van der Waals surface area contributed by atoms with Crippen LogP contribution < -0.4 is 20.9 Å². The van der Waals surface area contributed by atoms with Gasteiger partial charge in [0.15, 0.2) is 39.7 Å². The highest BCUT2D eigenvalue weighted by Gasteiger charge is 2.30. The van der Waals surface area contributed by atoms with Crippen LogP contribution in [0, 0.1) is 11.8 Å². The Morgan fingerprint density at radius 2 is 1.88 bits per heavy atom. The van der Waals surface area contributed by atoms with E-state index in [0.29, 0.717) is 54.0 Å². The number of rotatable bonds is 9. The van der Waals surface area contributed by atoms with Gasteiger partial charge in [-0.3, -0.25) is 9.59 Å². The first-order valence-electron chi connectivity index (χ1n) is 13.6. The number of piperidine rings is 1. The van der Waals surface area contributed by atoms with Crippen molar-refractivity contribution in [2.45, 2.75) is 68.8 Å². The van der Waals surface area contributed by atoms with Gasteiger partial charge < -0.3 is 35.1 Å². The maximum atomic E-state index is 12.9. The summed E-state index contributed by atoms with van der Waals surface area (Å²) in [5.74, 6) is 1.32. The summed E-state index contributed by atoms with van der Waals surface area (Å²) in [6.07, 6.45) is 3.16. The molecule has 1 amide bonds. The van der Waals surface area contributed by atoms with E-state index in [4.69, 9.17) is 30.7 Å². The van der Waals surface area contributed by atoms with Crippen LogP contribution >= 0.6 is 27.7 Å². The topological polar surface area (TPSA) is 161 Å². The lowest BCUT2D eigenvalue weighted by molar-refractivity contribution is -0.161. The average molecular weight is 649 g/mol. The minimum Gasteiger partial charge on any atom is -0.454 e. The van der Waals surface area contributed by atoms with Crippen LogP contribution in [0.5, 0.6) is 11.5 Å².